The molecule has 1 amide bonds. The molecule has 2 heterocycles. The van der Waals surface area contributed by atoms with E-state index < -0.39 is 86.4 Å². The molecule has 0 radical (unpaired) electrons. The van der Waals surface area contributed by atoms with Crippen molar-refractivity contribution in [2.75, 3.05) is 13.2 Å². The van der Waals surface area contributed by atoms with Crippen molar-refractivity contribution in [3.63, 3.8) is 0 Å². The van der Waals surface area contributed by atoms with Gasteiger partial charge in [-0.1, -0.05) is 0 Å². The van der Waals surface area contributed by atoms with E-state index >= 15 is 0 Å². The van der Waals surface area contributed by atoms with Crippen LogP contribution in [0.4, 0.5) is 0 Å². The van der Waals surface area contributed by atoms with Gasteiger partial charge in [-0.2, -0.15) is 0 Å². The van der Waals surface area contributed by atoms with Gasteiger partial charge >= 0.3 is 5.97 Å². The second kappa shape index (κ2) is 10.1. The van der Waals surface area contributed by atoms with Crippen LogP contribution in [0.15, 0.2) is 0 Å². The summed E-state index contributed by atoms with van der Waals surface area (Å²) in [6.07, 6.45) is -13.7. The second-order valence-electron chi connectivity index (χ2n) is 6.92. The Kier molecular flexibility index (Phi) is 8.28. The number of aliphatic hydroxyl groups is 6. The lowest BCUT2D eigenvalue weighted by Gasteiger charge is -2.43. The zero-order chi connectivity index (χ0) is 21.9. The minimum atomic E-state index is -1.77. The number of ether oxygens (including phenoxy) is 4. The quantitative estimate of drug-likeness (QED) is 0.201. The average Bonchev–Trinajstić information content (AvgIpc) is 2.65. The van der Waals surface area contributed by atoms with Gasteiger partial charge in [-0.15, -0.1) is 0 Å². The van der Waals surface area contributed by atoms with E-state index in [1.807, 2.05) is 0 Å². The fraction of sp³-hybridized carbons (Fsp3) is 0.875. The summed E-state index contributed by atoms with van der Waals surface area (Å²) < 4.78 is 20.7. The van der Waals surface area contributed by atoms with E-state index in [1.165, 1.54) is 6.92 Å². The van der Waals surface area contributed by atoms with Crippen LogP contribution in [-0.4, -0.2) is 117 Å². The fourth-order valence-electron chi connectivity index (χ4n) is 3.06. The third-order valence-electron chi connectivity index (χ3n) is 4.63. The molecule has 2 rings (SSSR count). The molecule has 168 valence electrons. The summed E-state index contributed by atoms with van der Waals surface area (Å²) in [6.45, 7) is 1.44. The molecule has 2 fully saturated rings. The molecule has 2 aliphatic heterocycles. The predicted molar refractivity (Wildman–Crippen MR) is 89.8 cm³/mol. The van der Waals surface area contributed by atoms with E-state index in [-0.39, 0.29) is 0 Å². The van der Waals surface area contributed by atoms with Crippen molar-refractivity contribution in [1.82, 2.24) is 5.32 Å². The first kappa shape index (κ1) is 23.9. The molecule has 29 heavy (non-hydrogen) atoms. The van der Waals surface area contributed by atoms with Crippen LogP contribution in [0.2, 0.25) is 0 Å². The van der Waals surface area contributed by atoms with Crippen molar-refractivity contribution >= 4 is 11.9 Å². The van der Waals surface area contributed by atoms with Crippen molar-refractivity contribution in [3.05, 3.63) is 0 Å². The normalized spacial score (nSPS) is 42.9. The van der Waals surface area contributed by atoms with Crippen LogP contribution in [0, 0.1) is 0 Å². The lowest BCUT2D eigenvalue weighted by atomic mass is 9.96. The Labute approximate surface area is 165 Å². The third-order valence-corrected chi connectivity index (χ3v) is 4.63. The second-order valence-corrected chi connectivity index (χ2v) is 6.92. The Morgan fingerprint density at radius 3 is 2.00 bits per heavy atom. The summed E-state index contributed by atoms with van der Waals surface area (Å²) in [5, 5.41) is 61.7. The van der Waals surface area contributed by atoms with Gasteiger partial charge in [0.05, 0.1) is 6.61 Å². The van der Waals surface area contributed by atoms with Crippen molar-refractivity contribution < 1.29 is 59.2 Å². The highest BCUT2D eigenvalue weighted by Crippen LogP contribution is 2.25. The van der Waals surface area contributed by atoms with Gasteiger partial charge in [-0.3, -0.25) is 9.59 Å². The SMILES string of the molecule is CC(=O)N[C@H]1[C@H](OC[C@H]2O[C@H](O)[C@H](O)[C@@H](O)[C@H]2O)O[C@H](COC(C)=O)[C@@H](O)[C@@H]1O. The fourth-order valence-corrected chi connectivity index (χ4v) is 3.06. The van der Waals surface area contributed by atoms with Gasteiger partial charge in [0.1, 0.15) is 55.4 Å². The number of amides is 1. The molecule has 2 aliphatic rings. The first-order chi connectivity index (χ1) is 13.5. The van der Waals surface area contributed by atoms with E-state index in [4.69, 9.17) is 18.9 Å². The molecular weight excluding hydrogens is 398 g/mol. The van der Waals surface area contributed by atoms with Gasteiger partial charge in [0.15, 0.2) is 12.6 Å². The zero-order valence-corrected chi connectivity index (χ0v) is 15.8. The Morgan fingerprint density at radius 1 is 0.828 bits per heavy atom. The standard InChI is InChI=1S/C16H27NO12/c1-5(18)17-9-12(22)10(20)8(3-26-6(2)19)29-16(9)27-4-7-11(21)13(23)14(24)15(25)28-7/h7-16,20-25H,3-4H2,1-2H3,(H,17,18)/t7-,8-,9-,10-,11+,12-,13+,14-,15+,16-/m1/s1. The number of esters is 1. The number of carbonyl (C=O) groups excluding carboxylic acids is 2. The topological polar surface area (TPSA) is 204 Å². The molecule has 0 unspecified atom stereocenters. The van der Waals surface area contributed by atoms with E-state index in [1.54, 1.807) is 0 Å². The van der Waals surface area contributed by atoms with Crippen molar-refractivity contribution in [1.29, 1.82) is 0 Å². The maximum atomic E-state index is 11.4. The van der Waals surface area contributed by atoms with Crippen LogP contribution >= 0.6 is 0 Å². The molecule has 7 N–H and O–H groups in total. The zero-order valence-electron chi connectivity index (χ0n) is 15.8. The number of hydrogen-bond acceptors (Lipinski definition) is 12. The average molecular weight is 425 g/mol. The summed E-state index contributed by atoms with van der Waals surface area (Å²) >= 11 is 0. The van der Waals surface area contributed by atoms with Crippen LogP contribution < -0.4 is 5.32 Å². The van der Waals surface area contributed by atoms with Gasteiger partial charge in [-0.05, 0) is 0 Å². The molecule has 0 bridgehead atoms. The lowest BCUT2D eigenvalue weighted by molar-refractivity contribution is -0.311. The van der Waals surface area contributed by atoms with E-state index in [0.717, 1.165) is 6.92 Å². The van der Waals surface area contributed by atoms with Crippen LogP contribution in [0.25, 0.3) is 0 Å². The number of rotatable bonds is 6. The lowest BCUT2D eigenvalue weighted by Crippen LogP contribution is -2.65. The maximum absolute atomic E-state index is 11.4. The first-order valence-corrected chi connectivity index (χ1v) is 8.94. The van der Waals surface area contributed by atoms with Crippen molar-refractivity contribution in [3.8, 4) is 0 Å². The minimum Gasteiger partial charge on any atom is -0.463 e. The molecule has 0 aliphatic carbocycles. The molecular formula is C16H27NO12. The molecule has 0 saturated carbocycles. The molecule has 0 aromatic heterocycles. The van der Waals surface area contributed by atoms with Gasteiger partial charge in [0.25, 0.3) is 0 Å². The molecule has 0 aromatic carbocycles. The van der Waals surface area contributed by atoms with Crippen molar-refractivity contribution in [2.24, 2.45) is 0 Å². The van der Waals surface area contributed by atoms with Crippen molar-refractivity contribution in [2.45, 2.75) is 75.2 Å². The molecule has 13 nitrogen and oxygen atoms in total. The summed E-state index contributed by atoms with van der Waals surface area (Å²) in [7, 11) is 0. The Bertz CT molecular complexity index is 574. The third kappa shape index (κ3) is 5.81. The van der Waals surface area contributed by atoms with Crippen LogP contribution in [0.1, 0.15) is 13.8 Å². The van der Waals surface area contributed by atoms with Crippen LogP contribution in [0.3, 0.4) is 0 Å². The Balaban J connectivity index is 2.08. The van der Waals surface area contributed by atoms with Gasteiger partial charge < -0.3 is 54.9 Å². The summed E-state index contributed by atoms with van der Waals surface area (Å²) in [4.78, 5) is 22.4. The highest BCUT2D eigenvalue weighted by molar-refractivity contribution is 5.73. The van der Waals surface area contributed by atoms with Gasteiger partial charge in [-0.25, -0.2) is 0 Å². The molecule has 13 heteroatoms. The summed E-state index contributed by atoms with van der Waals surface area (Å²) in [6, 6.07) is -1.22. The molecule has 10 atom stereocenters. The summed E-state index contributed by atoms with van der Waals surface area (Å²) in [5.74, 6) is -1.20. The molecule has 2 saturated heterocycles. The van der Waals surface area contributed by atoms with Gasteiger partial charge in [0.2, 0.25) is 5.91 Å². The summed E-state index contributed by atoms with van der Waals surface area (Å²) in [5.41, 5.74) is 0. The number of aliphatic hydroxyl groups excluding tert-OH is 6. The molecule has 0 aromatic rings. The Hall–Kier alpha value is -1.42. The van der Waals surface area contributed by atoms with Gasteiger partial charge in [0, 0.05) is 13.8 Å². The number of nitrogens with one attached hydrogen (secondary N) is 1. The Morgan fingerprint density at radius 2 is 1.41 bits per heavy atom. The number of carbonyl (C=O) groups is 2. The maximum Gasteiger partial charge on any atom is 0.302 e. The van der Waals surface area contributed by atoms with Crippen LogP contribution in [0.5, 0.6) is 0 Å². The smallest absolute Gasteiger partial charge is 0.302 e. The van der Waals surface area contributed by atoms with Crippen LogP contribution in [-0.2, 0) is 28.5 Å². The van der Waals surface area contributed by atoms with E-state index in [9.17, 15) is 40.2 Å². The highest BCUT2D eigenvalue weighted by atomic mass is 16.7. The van der Waals surface area contributed by atoms with E-state index in [0.29, 0.717) is 0 Å². The predicted octanol–water partition coefficient (Wildman–Crippen LogP) is -4.68. The minimum absolute atomic E-state index is 0.396. The highest BCUT2D eigenvalue weighted by Gasteiger charge is 2.48. The largest absolute Gasteiger partial charge is 0.463 e. The van der Waals surface area contributed by atoms with E-state index in [2.05, 4.69) is 5.32 Å². The number of hydrogen-bond donors (Lipinski definition) is 7. The molecule has 0 spiro atoms. The monoisotopic (exact) mass is 425 g/mol. The first-order valence-electron chi connectivity index (χ1n) is 8.94.